The third-order valence-corrected chi connectivity index (χ3v) is 5.11. The summed E-state index contributed by atoms with van der Waals surface area (Å²) in [6.07, 6.45) is 0. The molecule has 13 nitrogen and oxygen atoms in total. The van der Waals surface area contributed by atoms with Crippen LogP contribution in [0.4, 0.5) is 0 Å². The molecule has 15 heteroatoms. The molecule has 0 unspecified atom stereocenters. The Labute approximate surface area is 164 Å². The number of hydrogen-bond donors (Lipinski definition) is 4. The molecule has 0 fully saturated rings. The van der Waals surface area contributed by atoms with Crippen molar-refractivity contribution in [2.75, 3.05) is 13.2 Å². The summed E-state index contributed by atoms with van der Waals surface area (Å²) in [6.45, 7) is 1.15. The normalized spacial score (nSPS) is 11.8. The molecule has 0 aliphatic heterocycles. The summed E-state index contributed by atoms with van der Waals surface area (Å²) in [5.74, 6) is -2.48. The average molecular weight is 449 g/mol. The number of aromatic hydroxyl groups is 1. The molecule has 29 heavy (non-hydrogen) atoms. The molecule has 0 aliphatic rings. The Hall–Kier alpha value is -3.01. The Balaban J connectivity index is 2.50. The van der Waals surface area contributed by atoms with Gasteiger partial charge in [-0.25, -0.2) is 0 Å². The highest BCUT2D eigenvalue weighted by Crippen LogP contribution is 2.27. The maximum absolute atomic E-state index is 12.0. The van der Waals surface area contributed by atoms with Gasteiger partial charge in [-0.15, -0.1) is 0 Å². The second-order valence-corrected chi connectivity index (χ2v) is 8.18. The van der Waals surface area contributed by atoms with E-state index in [2.05, 4.69) is 15.2 Å². The molecule has 0 atom stereocenters. The van der Waals surface area contributed by atoms with E-state index in [0.29, 0.717) is 22.9 Å². The number of aromatic nitrogens is 2. The van der Waals surface area contributed by atoms with Crippen LogP contribution >= 0.6 is 0 Å². The van der Waals surface area contributed by atoms with Crippen LogP contribution < -0.4 is 5.32 Å². The minimum atomic E-state index is -4.91. The fourth-order valence-corrected chi connectivity index (χ4v) is 3.31. The van der Waals surface area contributed by atoms with Crippen LogP contribution in [0.25, 0.3) is 5.69 Å². The van der Waals surface area contributed by atoms with Crippen molar-refractivity contribution in [1.29, 1.82) is 0 Å². The van der Waals surface area contributed by atoms with Crippen LogP contribution in [0.15, 0.2) is 34.1 Å². The first-order chi connectivity index (χ1) is 13.3. The van der Waals surface area contributed by atoms with Crippen molar-refractivity contribution in [1.82, 2.24) is 15.1 Å². The first kappa shape index (κ1) is 22.3. The molecular weight excluding hydrogens is 434 g/mol. The molecule has 0 bridgehead atoms. The topological polar surface area (TPSA) is 202 Å². The molecular formula is C14H15N3O10S2. The lowest BCUT2D eigenvalue weighted by Gasteiger charge is -2.09. The number of hydrogen-bond acceptors (Lipinski definition) is 9. The Morgan fingerprint density at radius 3 is 2.34 bits per heavy atom. The summed E-state index contributed by atoms with van der Waals surface area (Å²) in [4.78, 5) is 21.7. The van der Waals surface area contributed by atoms with Crippen molar-refractivity contribution >= 4 is 32.1 Å². The van der Waals surface area contributed by atoms with E-state index in [0.717, 1.165) is 6.07 Å². The Morgan fingerprint density at radius 2 is 1.79 bits per heavy atom. The van der Waals surface area contributed by atoms with Gasteiger partial charge in [0.15, 0.2) is 5.69 Å². The largest absolute Gasteiger partial charge is 0.493 e. The summed E-state index contributed by atoms with van der Waals surface area (Å²) in [6, 6.07) is 2.78. The maximum Gasteiger partial charge on any atom is 0.325 e. The molecule has 1 heterocycles. The molecule has 2 rings (SSSR count). The maximum atomic E-state index is 12.0. The Kier molecular flexibility index (Phi) is 6.27. The van der Waals surface area contributed by atoms with Crippen LogP contribution in [0.1, 0.15) is 17.4 Å². The van der Waals surface area contributed by atoms with Crippen LogP contribution in [0, 0.1) is 0 Å². The predicted molar refractivity (Wildman–Crippen MR) is 93.8 cm³/mol. The molecule has 2 aromatic rings. The fourth-order valence-electron chi connectivity index (χ4n) is 2.16. The summed E-state index contributed by atoms with van der Waals surface area (Å²) < 4.78 is 69.3. The number of nitrogens with one attached hydrogen (secondary N) is 1. The van der Waals surface area contributed by atoms with E-state index in [1.165, 1.54) is 0 Å². The van der Waals surface area contributed by atoms with Crippen molar-refractivity contribution in [2.45, 2.75) is 16.7 Å². The smallest absolute Gasteiger partial charge is 0.325 e. The lowest BCUT2D eigenvalue weighted by molar-refractivity contribution is -0.141. The van der Waals surface area contributed by atoms with Gasteiger partial charge in [0.05, 0.1) is 17.2 Å². The van der Waals surface area contributed by atoms with Gasteiger partial charge < -0.3 is 15.2 Å². The van der Waals surface area contributed by atoms with Gasteiger partial charge in [0.1, 0.15) is 11.4 Å². The summed E-state index contributed by atoms with van der Waals surface area (Å²) >= 11 is 0. The Morgan fingerprint density at radius 1 is 1.14 bits per heavy atom. The second-order valence-electron chi connectivity index (χ2n) is 5.37. The third-order valence-electron chi connectivity index (χ3n) is 3.36. The second kappa shape index (κ2) is 8.16. The summed E-state index contributed by atoms with van der Waals surface area (Å²) in [7, 11) is -9.68. The van der Waals surface area contributed by atoms with Gasteiger partial charge >= 0.3 is 5.97 Å². The van der Waals surface area contributed by atoms with Crippen molar-refractivity contribution in [3.8, 4) is 11.6 Å². The molecule has 0 saturated heterocycles. The quantitative estimate of drug-likeness (QED) is 0.309. The highest BCUT2D eigenvalue weighted by Gasteiger charge is 2.24. The molecule has 1 aromatic carbocycles. The predicted octanol–water partition coefficient (Wildman–Crippen LogP) is -0.636. The summed E-state index contributed by atoms with van der Waals surface area (Å²) in [5, 5.41) is 15.8. The molecule has 4 N–H and O–H groups in total. The van der Waals surface area contributed by atoms with Crippen LogP contribution in [0.3, 0.4) is 0 Å². The lowest BCUT2D eigenvalue weighted by Crippen LogP contribution is -2.31. The van der Waals surface area contributed by atoms with Crippen molar-refractivity contribution in [3.05, 3.63) is 30.0 Å². The number of carbonyl (C=O) groups is 2. The van der Waals surface area contributed by atoms with Gasteiger partial charge in [0.25, 0.3) is 26.1 Å². The molecule has 0 saturated carbocycles. The fraction of sp³-hybridized carbons (Fsp3) is 0.214. The highest BCUT2D eigenvalue weighted by molar-refractivity contribution is 7.86. The number of carbonyl (C=O) groups excluding carboxylic acids is 2. The van der Waals surface area contributed by atoms with Gasteiger partial charge in [-0.05, 0) is 25.1 Å². The number of amides is 1. The minimum absolute atomic E-state index is 0.0899. The van der Waals surface area contributed by atoms with Gasteiger partial charge in [0.2, 0.25) is 5.88 Å². The van der Waals surface area contributed by atoms with Crippen LogP contribution in [0.2, 0.25) is 0 Å². The van der Waals surface area contributed by atoms with E-state index < -0.39 is 65.7 Å². The standard InChI is InChI=1S/C14H15N3O10S2/c1-2-27-13(19)7-15-14(20)9-6-12(18)17(16-9)10-5-8(28(21,22)23)3-4-11(10)29(24,25)26/h3-6,18H,2,7H2,1H3,(H,15,20)(H,21,22,23)(H,24,25,26). The first-order valence-corrected chi connectivity index (χ1v) is 10.5. The zero-order valence-corrected chi connectivity index (χ0v) is 16.3. The molecule has 1 aromatic heterocycles. The molecule has 158 valence electrons. The first-order valence-electron chi connectivity index (χ1n) is 7.67. The molecule has 1 amide bonds. The van der Waals surface area contributed by atoms with Crippen molar-refractivity contribution in [2.24, 2.45) is 0 Å². The van der Waals surface area contributed by atoms with Crippen LogP contribution in [-0.4, -0.2) is 65.9 Å². The number of benzene rings is 1. The number of rotatable bonds is 7. The van der Waals surface area contributed by atoms with Gasteiger partial charge in [0, 0.05) is 6.07 Å². The van der Waals surface area contributed by atoms with Crippen LogP contribution in [0.5, 0.6) is 5.88 Å². The van der Waals surface area contributed by atoms with E-state index in [1.807, 2.05) is 0 Å². The van der Waals surface area contributed by atoms with E-state index in [4.69, 9.17) is 4.55 Å². The Bertz CT molecular complexity index is 1170. The SMILES string of the molecule is CCOC(=O)CNC(=O)c1cc(O)n(-c2cc(S(=O)(=O)O)ccc2S(=O)(=O)O)n1. The van der Waals surface area contributed by atoms with E-state index in [9.17, 15) is 36.1 Å². The van der Waals surface area contributed by atoms with Crippen LogP contribution in [-0.2, 0) is 29.8 Å². The molecule has 0 radical (unpaired) electrons. The number of ether oxygens (including phenoxy) is 1. The zero-order chi connectivity index (χ0) is 22.0. The third kappa shape index (κ3) is 5.29. The van der Waals surface area contributed by atoms with Gasteiger partial charge in [-0.1, -0.05) is 0 Å². The van der Waals surface area contributed by atoms with Crippen molar-refractivity contribution in [3.63, 3.8) is 0 Å². The number of esters is 1. The van der Waals surface area contributed by atoms with E-state index in [-0.39, 0.29) is 6.61 Å². The van der Waals surface area contributed by atoms with Crippen molar-refractivity contribution < 1.29 is 45.4 Å². The average Bonchev–Trinajstić information content (AvgIpc) is 2.99. The zero-order valence-electron chi connectivity index (χ0n) is 14.6. The monoisotopic (exact) mass is 449 g/mol. The summed E-state index contributed by atoms with van der Waals surface area (Å²) in [5.41, 5.74) is -1.13. The minimum Gasteiger partial charge on any atom is -0.493 e. The highest BCUT2D eigenvalue weighted by atomic mass is 32.2. The van der Waals surface area contributed by atoms with E-state index in [1.54, 1.807) is 6.92 Å². The lowest BCUT2D eigenvalue weighted by atomic mass is 10.3. The number of nitrogens with zero attached hydrogens (tertiary/aromatic N) is 2. The van der Waals surface area contributed by atoms with Gasteiger partial charge in [-0.2, -0.15) is 26.6 Å². The van der Waals surface area contributed by atoms with Gasteiger partial charge in [-0.3, -0.25) is 18.7 Å². The van der Waals surface area contributed by atoms with E-state index >= 15 is 0 Å². The molecule has 0 aliphatic carbocycles. The molecule has 0 spiro atoms.